The fourth-order valence-corrected chi connectivity index (χ4v) is 3.00. The van der Waals surface area contributed by atoms with E-state index in [0.29, 0.717) is 11.6 Å². The molecule has 96 valence electrons. The van der Waals surface area contributed by atoms with Gasteiger partial charge < -0.3 is 0 Å². The average molecular weight is 263 g/mol. The van der Waals surface area contributed by atoms with Gasteiger partial charge in [0.05, 0.1) is 5.56 Å². The highest BCUT2D eigenvalue weighted by Gasteiger charge is 2.33. The summed E-state index contributed by atoms with van der Waals surface area (Å²) >= 11 is 1.79. The molecule has 1 heterocycles. The standard InChI is InChI=1S/C14H19N2OS/c1-3-4-9-18-10-14-15-13-8-6-5-7-12(13)11(2)16(14)17/h5-8,11H,3-4,9-10H2,1-2H3/q+1. The van der Waals surface area contributed by atoms with Crippen molar-refractivity contribution in [3.63, 3.8) is 0 Å². The molecule has 4 heteroatoms. The number of nitroso groups, excluding NO2 is 1. The molecule has 0 radical (unpaired) electrons. The molecule has 0 spiro atoms. The molecular formula is C14H19N2OS+. The topological polar surface area (TPSA) is 32.4 Å². The molecule has 1 aliphatic rings. The summed E-state index contributed by atoms with van der Waals surface area (Å²) in [7, 11) is 0. The van der Waals surface area contributed by atoms with Crippen LogP contribution in [0.1, 0.15) is 38.3 Å². The van der Waals surface area contributed by atoms with Gasteiger partial charge in [0.1, 0.15) is 5.75 Å². The SMILES string of the molecule is CCCCSCC1=Nc2ccccc2C(C)[N+]1=O. The number of unbranched alkanes of at least 4 members (excludes halogenated alkanes) is 1. The Morgan fingerprint density at radius 3 is 2.94 bits per heavy atom. The van der Waals surface area contributed by atoms with E-state index in [1.165, 1.54) is 12.8 Å². The minimum atomic E-state index is -0.125. The maximum absolute atomic E-state index is 12.1. The zero-order valence-corrected chi connectivity index (χ0v) is 11.7. The second kappa shape index (κ2) is 6.14. The van der Waals surface area contributed by atoms with Crippen LogP contribution in [0.25, 0.3) is 0 Å². The molecule has 0 saturated heterocycles. The summed E-state index contributed by atoms with van der Waals surface area (Å²) in [5.41, 5.74) is 1.97. The van der Waals surface area contributed by atoms with Crippen molar-refractivity contribution < 1.29 is 4.76 Å². The number of hydrogen-bond acceptors (Lipinski definition) is 3. The van der Waals surface area contributed by atoms with Crippen LogP contribution in [0.4, 0.5) is 5.69 Å². The first-order chi connectivity index (χ1) is 8.74. The summed E-state index contributed by atoms with van der Waals surface area (Å²) in [6.07, 6.45) is 2.39. The fraction of sp³-hybridized carbons (Fsp3) is 0.500. The zero-order chi connectivity index (χ0) is 13.0. The van der Waals surface area contributed by atoms with Gasteiger partial charge in [-0.1, -0.05) is 36.5 Å². The third-order valence-electron chi connectivity index (χ3n) is 3.12. The molecule has 0 saturated carbocycles. The van der Waals surface area contributed by atoms with Gasteiger partial charge in [0.25, 0.3) is 0 Å². The predicted molar refractivity (Wildman–Crippen MR) is 77.8 cm³/mol. The van der Waals surface area contributed by atoms with Crippen molar-refractivity contribution in [2.75, 3.05) is 11.5 Å². The second-order valence-electron chi connectivity index (χ2n) is 4.49. The van der Waals surface area contributed by atoms with Gasteiger partial charge in [0, 0.05) is 0 Å². The molecule has 0 bridgehead atoms. The number of nitrogens with zero attached hydrogens (tertiary/aromatic N) is 2. The number of rotatable bonds is 5. The Balaban J connectivity index is 2.11. The van der Waals surface area contributed by atoms with Crippen LogP contribution in [-0.4, -0.2) is 22.1 Å². The van der Waals surface area contributed by atoms with Crippen molar-refractivity contribution in [2.24, 2.45) is 4.99 Å². The summed E-state index contributed by atoms with van der Waals surface area (Å²) in [4.78, 5) is 16.6. The lowest BCUT2D eigenvalue weighted by Gasteiger charge is -2.13. The number of aliphatic imine (C=N–C) groups is 1. The summed E-state index contributed by atoms with van der Waals surface area (Å²) in [6.45, 7) is 4.12. The van der Waals surface area contributed by atoms with Crippen molar-refractivity contribution in [3.05, 3.63) is 34.7 Å². The molecule has 0 fully saturated rings. The molecule has 1 aliphatic heterocycles. The monoisotopic (exact) mass is 263 g/mol. The van der Waals surface area contributed by atoms with E-state index in [1.807, 2.05) is 31.2 Å². The van der Waals surface area contributed by atoms with Crippen molar-refractivity contribution in [3.8, 4) is 0 Å². The van der Waals surface area contributed by atoms with Crippen molar-refractivity contribution in [2.45, 2.75) is 32.7 Å². The van der Waals surface area contributed by atoms with Crippen LogP contribution in [0.2, 0.25) is 0 Å². The third kappa shape index (κ3) is 2.80. The van der Waals surface area contributed by atoms with E-state index in [9.17, 15) is 4.91 Å². The molecule has 1 unspecified atom stereocenters. The molecule has 1 aromatic carbocycles. The molecule has 1 aromatic rings. The van der Waals surface area contributed by atoms with Gasteiger partial charge >= 0.3 is 5.84 Å². The van der Waals surface area contributed by atoms with Crippen LogP contribution in [0.3, 0.4) is 0 Å². The van der Waals surface area contributed by atoms with Gasteiger partial charge in [-0.25, -0.2) is 0 Å². The normalized spacial score (nSPS) is 18.4. The minimum absolute atomic E-state index is 0.125. The summed E-state index contributed by atoms with van der Waals surface area (Å²) < 4.78 is 1.06. The van der Waals surface area contributed by atoms with Crippen LogP contribution >= 0.6 is 11.8 Å². The first kappa shape index (κ1) is 13.3. The average Bonchev–Trinajstić information content (AvgIpc) is 2.40. The largest absolute Gasteiger partial charge is 0.347 e. The Kier molecular flexibility index (Phi) is 4.53. The molecule has 0 aliphatic carbocycles. The van der Waals surface area contributed by atoms with E-state index in [1.54, 1.807) is 11.8 Å². The van der Waals surface area contributed by atoms with Gasteiger partial charge in [-0.15, -0.1) is 11.8 Å². The molecule has 0 amide bonds. The zero-order valence-electron chi connectivity index (χ0n) is 10.9. The minimum Gasteiger partial charge on any atom is -0.149 e. The van der Waals surface area contributed by atoms with Gasteiger partial charge in [0.2, 0.25) is 0 Å². The molecule has 0 aromatic heterocycles. The quantitative estimate of drug-likeness (QED) is 0.591. The van der Waals surface area contributed by atoms with Gasteiger partial charge in [-0.2, -0.15) is 0 Å². The highest BCUT2D eigenvalue weighted by molar-refractivity contribution is 7.99. The van der Waals surface area contributed by atoms with E-state index in [-0.39, 0.29) is 6.04 Å². The molecule has 3 nitrogen and oxygen atoms in total. The number of amidine groups is 1. The summed E-state index contributed by atoms with van der Waals surface area (Å²) in [5.74, 6) is 2.46. The van der Waals surface area contributed by atoms with Crippen molar-refractivity contribution in [1.82, 2.24) is 0 Å². The highest BCUT2D eigenvalue weighted by atomic mass is 32.2. The Morgan fingerprint density at radius 2 is 2.17 bits per heavy atom. The first-order valence-electron chi connectivity index (χ1n) is 6.44. The van der Waals surface area contributed by atoms with E-state index < -0.39 is 0 Å². The third-order valence-corrected chi connectivity index (χ3v) is 4.16. The fourth-order valence-electron chi connectivity index (χ4n) is 1.99. The van der Waals surface area contributed by atoms with Crippen LogP contribution < -0.4 is 0 Å². The van der Waals surface area contributed by atoms with Gasteiger partial charge in [0.15, 0.2) is 11.7 Å². The summed E-state index contributed by atoms with van der Waals surface area (Å²) in [5, 5.41) is 0. The van der Waals surface area contributed by atoms with Crippen LogP contribution in [0, 0.1) is 4.91 Å². The first-order valence-corrected chi connectivity index (χ1v) is 7.60. The summed E-state index contributed by atoms with van der Waals surface area (Å²) in [6, 6.07) is 7.77. The van der Waals surface area contributed by atoms with Gasteiger partial charge in [-0.05, 0) is 34.9 Å². The Bertz CT molecular complexity index is 471. The highest BCUT2D eigenvalue weighted by Crippen LogP contribution is 2.32. The van der Waals surface area contributed by atoms with Gasteiger partial charge in [-0.3, -0.25) is 0 Å². The molecule has 2 rings (SSSR count). The van der Waals surface area contributed by atoms with Crippen molar-refractivity contribution >= 4 is 23.3 Å². The van der Waals surface area contributed by atoms with Crippen LogP contribution in [0.15, 0.2) is 29.3 Å². The molecular weight excluding hydrogens is 244 g/mol. The Hall–Kier alpha value is -1.16. The molecule has 1 atom stereocenters. The maximum Gasteiger partial charge on any atom is 0.347 e. The maximum atomic E-state index is 12.1. The van der Waals surface area contributed by atoms with Crippen LogP contribution in [-0.2, 0) is 0 Å². The smallest absolute Gasteiger partial charge is 0.149 e. The van der Waals surface area contributed by atoms with E-state index in [2.05, 4.69) is 11.9 Å². The molecule has 0 N–H and O–H groups in total. The lowest BCUT2D eigenvalue weighted by molar-refractivity contribution is -0.480. The van der Waals surface area contributed by atoms with Crippen LogP contribution in [0.5, 0.6) is 0 Å². The number of benzene rings is 1. The van der Waals surface area contributed by atoms with Crippen molar-refractivity contribution in [1.29, 1.82) is 0 Å². The number of para-hydroxylation sites is 1. The second-order valence-corrected chi connectivity index (χ2v) is 5.60. The number of hydrogen-bond donors (Lipinski definition) is 0. The van der Waals surface area contributed by atoms with E-state index in [4.69, 9.17) is 0 Å². The van der Waals surface area contributed by atoms with E-state index in [0.717, 1.165) is 21.8 Å². The Morgan fingerprint density at radius 1 is 1.39 bits per heavy atom. The van der Waals surface area contributed by atoms with E-state index >= 15 is 0 Å². The number of thioether (sulfide) groups is 1. The lowest BCUT2D eigenvalue weighted by Crippen LogP contribution is -2.26. The Labute approximate surface area is 112 Å². The molecule has 18 heavy (non-hydrogen) atoms. The lowest BCUT2D eigenvalue weighted by atomic mass is 10.0. The predicted octanol–water partition coefficient (Wildman–Crippen LogP) is 4.10. The number of fused-ring (bicyclic) bond motifs is 1.